The molecule has 0 aliphatic carbocycles. The first kappa shape index (κ1) is 18.8. The molecular formula is C20H21ClN4O2S. The zero-order chi connectivity index (χ0) is 19.7. The van der Waals surface area contributed by atoms with Crippen LogP contribution in [0.4, 0.5) is 15.6 Å². The number of amides is 2. The van der Waals surface area contributed by atoms with Crippen molar-refractivity contribution in [3.8, 4) is 5.75 Å². The Kier molecular flexibility index (Phi) is 5.28. The van der Waals surface area contributed by atoms with Gasteiger partial charge in [0.15, 0.2) is 5.13 Å². The van der Waals surface area contributed by atoms with Crippen LogP contribution in [-0.2, 0) is 0 Å². The van der Waals surface area contributed by atoms with Crippen LogP contribution in [0.3, 0.4) is 0 Å². The van der Waals surface area contributed by atoms with Gasteiger partial charge in [0.25, 0.3) is 0 Å². The molecular weight excluding hydrogens is 396 g/mol. The Bertz CT molecular complexity index is 997. The van der Waals surface area contributed by atoms with Crippen LogP contribution in [-0.4, -0.2) is 49.2 Å². The molecule has 0 atom stereocenters. The van der Waals surface area contributed by atoms with E-state index >= 15 is 0 Å². The Labute approximate surface area is 172 Å². The number of aromatic nitrogens is 1. The van der Waals surface area contributed by atoms with Gasteiger partial charge in [-0.05, 0) is 31.2 Å². The first-order valence-electron chi connectivity index (χ1n) is 9.06. The minimum atomic E-state index is -0.0717. The number of hydrogen-bond donors (Lipinski definition) is 1. The summed E-state index contributed by atoms with van der Waals surface area (Å²) in [6, 6.07) is 11.4. The second-order valence-electron chi connectivity index (χ2n) is 6.69. The number of aryl methyl sites for hydroxylation is 1. The molecule has 6 nitrogen and oxygen atoms in total. The molecule has 1 aromatic heterocycles. The molecule has 1 aliphatic rings. The van der Waals surface area contributed by atoms with Crippen molar-refractivity contribution in [2.75, 3.05) is 43.5 Å². The van der Waals surface area contributed by atoms with Crippen LogP contribution in [0, 0.1) is 6.92 Å². The number of piperazine rings is 1. The average molecular weight is 417 g/mol. The highest BCUT2D eigenvalue weighted by atomic mass is 35.5. The number of ether oxygens (including phenoxy) is 1. The van der Waals surface area contributed by atoms with E-state index in [4.69, 9.17) is 21.3 Å². The van der Waals surface area contributed by atoms with Crippen LogP contribution >= 0.6 is 22.9 Å². The molecule has 0 radical (unpaired) electrons. The van der Waals surface area contributed by atoms with Crippen molar-refractivity contribution in [3.63, 3.8) is 0 Å². The van der Waals surface area contributed by atoms with Gasteiger partial charge in [0.1, 0.15) is 11.3 Å². The third-order valence-electron chi connectivity index (χ3n) is 4.81. The first-order chi connectivity index (χ1) is 13.5. The lowest BCUT2D eigenvalue weighted by Crippen LogP contribution is -2.50. The Morgan fingerprint density at radius 3 is 2.54 bits per heavy atom. The van der Waals surface area contributed by atoms with Gasteiger partial charge in [0.05, 0.1) is 16.8 Å². The summed E-state index contributed by atoms with van der Waals surface area (Å²) in [5.74, 6) is 0.720. The lowest BCUT2D eigenvalue weighted by atomic mass is 10.2. The molecule has 1 saturated heterocycles. The van der Waals surface area contributed by atoms with Crippen molar-refractivity contribution >= 4 is 50.0 Å². The molecule has 1 aliphatic heterocycles. The maximum absolute atomic E-state index is 12.5. The van der Waals surface area contributed by atoms with Gasteiger partial charge in [0, 0.05) is 31.9 Å². The number of carbonyl (C=O) groups is 1. The second-order valence-corrected chi connectivity index (χ2v) is 8.08. The third kappa shape index (κ3) is 3.72. The number of fused-ring (bicyclic) bond motifs is 1. The minimum absolute atomic E-state index is 0.0717. The monoisotopic (exact) mass is 416 g/mol. The molecule has 8 heteroatoms. The lowest BCUT2D eigenvalue weighted by molar-refractivity contribution is 0.208. The van der Waals surface area contributed by atoms with Gasteiger partial charge in [-0.3, -0.25) is 0 Å². The molecule has 0 saturated carbocycles. The number of rotatable bonds is 3. The van der Waals surface area contributed by atoms with Gasteiger partial charge in [-0.25, -0.2) is 9.78 Å². The number of methoxy groups -OCH3 is 1. The lowest BCUT2D eigenvalue weighted by Gasteiger charge is -2.34. The van der Waals surface area contributed by atoms with Crippen LogP contribution in [0.2, 0.25) is 5.02 Å². The van der Waals surface area contributed by atoms with E-state index in [-0.39, 0.29) is 6.03 Å². The summed E-state index contributed by atoms with van der Waals surface area (Å²) >= 11 is 7.88. The molecule has 0 unspecified atom stereocenters. The van der Waals surface area contributed by atoms with E-state index in [0.717, 1.165) is 39.9 Å². The number of urea groups is 1. The average Bonchev–Trinajstić information content (AvgIpc) is 3.16. The predicted octanol–water partition coefficient (Wildman–Crippen LogP) is 4.62. The fourth-order valence-corrected chi connectivity index (χ4v) is 4.49. The van der Waals surface area contributed by atoms with Crippen molar-refractivity contribution in [3.05, 3.63) is 47.0 Å². The van der Waals surface area contributed by atoms with Crippen LogP contribution in [0.1, 0.15) is 5.56 Å². The summed E-state index contributed by atoms with van der Waals surface area (Å²) in [6.45, 7) is 4.74. The summed E-state index contributed by atoms with van der Waals surface area (Å²) in [4.78, 5) is 21.3. The third-order valence-corrected chi connectivity index (χ3v) is 6.38. The zero-order valence-electron chi connectivity index (χ0n) is 15.7. The van der Waals surface area contributed by atoms with Crippen LogP contribution in [0.25, 0.3) is 10.2 Å². The summed E-state index contributed by atoms with van der Waals surface area (Å²) in [6.07, 6.45) is 0. The highest BCUT2D eigenvalue weighted by Gasteiger charge is 2.24. The Balaban J connectivity index is 1.42. The topological polar surface area (TPSA) is 57.7 Å². The standard InChI is InChI=1S/C20H21ClN4O2S/c1-13-3-5-14(6-4-13)22-19(26)24-9-11-25(12-10-24)20-23-17-16(27-2)8-7-15(21)18(17)28-20/h3-8H,9-12H2,1-2H3,(H,22,26). The fraction of sp³-hybridized carbons (Fsp3) is 0.300. The highest BCUT2D eigenvalue weighted by molar-refractivity contribution is 7.22. The number of nitrogens with zero attached hydrogens (tertiary/aromatic N) is 3. The van der Waals surface area contributed by atoms with Gasteiger partial charge in [0.2, 0.25) is 0 Å². The molecule has 146 valence electrons. The molecule has 2 amide bonds. The Morgan fingerprint density at radius 2 is 1.86 bits per heavy atom. The number of halogens is 1. The maximum Gasteiger partial charge on any atom is 0.321 e. The second kappa shape index (κ2) is 7.85. The predicted molar refractivity (Wildman–Crippen MR) is 115 cm³/mol. The molecule has 0 spiro atoms. The van der Waals surface area contributed by atoms with Crippen LogP contribution < -0.4 is 15.0 Å². The smallest absolute Gasteiger partial charge is 0.321 e. The van der Waals surface area contributed by atoms with E-state index in [2.05, 4.69) is 10.2 Å². The number of anilines is 2. The van der Waals surface area contributed by atoms with E-state index in [1.807, 2.05) is 48.2 Å². The van der Waals surface area contributed by atoms with Crippen molar-refractivity contribution in [2.24, 2.45) is 0 Å². The molecule has 3 aromatic rings. The van der Waals surface area contributed by atoms with Gasteiger partial charge < -0.3 is 19.9 Å². The van der Waals surface area contributed by atoms with E-state index in [1.165, 1.54) is 5.56 Å². The van der Waals surface area contributed by atoms with E-state index in [0.29, 0.717) is 18.1 Å². The first-order valence-corrected chi connectivity index (χ1v) is 10.2. The van der Waals surface area contributed by atoms with Crippen LogP contribution in [0.15, 0.2) is 36.4 Å². The van der Waals surface area contributed by atoms with Crippen molar-refractivity contribution in [1.29, 1.82) is 0 Å². The van der Waals surface area contributed by atoms with Gasteiger partial charge in [-0.15, -0.1) is 0 Å². The summed E-state index contributed by atoms with van der Waals surface area (Å²) in [7, 11) is 1.63. The van der Waals surface area contributed by atoms with E-state index < -0.39 is 0 Å². The summed E-state index contributed by atoms with van der Waals surface area (Å²) in [5, 5.41) is 4.54. The maximum atomic E-state index is 12.5. The normalized spacial score (nSPS) is 14.4. The number of hydrogen-bond acceptors (Lipinski definition) is 5. The van der Waals surface area contributed by atoms with Gasteiger partial charge in [-0.1, -0.05) is 40.6 Å². The van der Waals surface area contributed by atoms with Crippen molar-refractivity contribution < 1.29 is 9.53 Å². The molecule has 4 rings (SSSR count). The molecule has 2 heterocycles. The quantitative estimate of drug-likeness (QED) is 0.676. The van der Waals surface area contributed by atoms with Gasteiger partial charge >= 0.3 is 6.03 Å². The van der Waals surface area contributed by atoms with Gasteiger partial charge in [-0.2, -0.15) is 0 Å². The van der Waals surface area contributed by atoms with E-state index in [1.54, 1.807) is 18.4 Å². The number of thiazole rings is 1. The molecule has 0 bridgehead atoms. The molecule has 1 fully saturated rings. The summed E-state index contributed by atoms with van der Waals surface area (Å²) in [5.41, 5.74) is 2.76. The fourth-order valence-electron chi connectivity index (χ4n) is 3.18. The number of carbonyl (C=O) groups excluding carboxylic acids is 1. The Hall–Kier alpha value is -2.51. The zero-order valence-corrected chi connectivity index (χ0v) is 17.3. The molecule has 2 aromatic carbocycles. The number of benzene rings is 2. The largest absolute Gasteiger partial charge is 0.494 e. The Morgan fingerprint density at radius 1 is 1.14 bits per heavy atom. The molecule has 1 N–H and O–H groups in total. The SMILES string of the molecule is COc1ccc(Cl)c2sc(N3CCN(C(=O)Nc4ccc(C)cc4)CC3)nc12. The number of nitrogens with one attached hydrogen (secondary N) is 1. The summed E-state index contributed by atoms with van der Waals surface area (Å²) < 4.78 is 6.33. The van der Waals surface area contributed by atoms with Crippen LogP contribution in [0.5, 0.6) is 5.75 Å². The van der Waals surface area contributed by atoms with E-state index in [9.17, 15) is 4.79 Å². The highest BCUT2D eigenvalue weighted by Crippen LogP contribution is 2.38. The molecule has 28 heavy (non-hydrogen) atoms. The van der Waals surface area contributed by atoms with Crippen molar-refractivity contribution in [2.45, 2.75) is 6.92 Å². The van der Waals surface area contributed by atoms with Crippen molar-refractivity contribution in [1.82, 2.24) is 9.88 Å². The minimum Gasteiger partial charge on any atom is -0.494 e.